The van der Waals surface area contributed by atoms with Crippen molar-refractivity contribution in [3.63, 3.8) is 0 Å². The Hall–Kier alpha value is -8.76. The van der Waals surface area contributed by atoms with E-state index in [0.717, 1.165) is 67.1 Å². The van der Waals surface area contributed by atoms with E-state index in [1.165, 1.54) is 0 Å². The first-order chi connectivity index (χ1) is 50.8. The van der Waals surface area contributed by atoms with Gasteiger partial charge in [-0.05, 0) is 125 Å². The summed E-state index contributed by atoms with van der Waals surface area (Å²) in [5.41, 5.74) is -0.597. The number of H-pyrrole nitrogens is 1. The number of nitrogens with one attached hydrogen (secondary N) is 5. The molecule has 1 unspecified atom stereocenters. The Balaban J connectivity index is 0.825. The van der Waals surface area contributed by atoms with Crippen molar-refractivity contribution < 1.29 is 74.7 Å². The molecule has 32 heteroatoms. The number of rotatable bonds is 42. The van der Waals surface area contributed by atoms with Gasteiger partial charge in [-0.2, -0.15) is 18.2 Å². The summed E-state index contributed by atoms with van der Waals surface area (Å²) < 4.78 is 80.6. The second-order valence-corrected chi connectivity index (χ2v) is 29.8. The number of fused-ring (bicyclic) bond motifs is 1. The van der Waals surface area contributed by atoms with Gasteiger partial charge in [0, 0.05) is 79.7 Å². The van der Waals surface area contributed by atoms with Crippen LogP contribution in [0.25, 0.3) is 16.0 Å². The van der Waals surface area contributed by atoms with Crippen molar-refractivity contribution in [2.24, 2.45) is 5.92 Å². The van der Waals surface area contributed by atoms with Crippen molar-refractivity contribution in [3.05, 3.63) is 159 Å². The zero-order valence-electron chi connectivity index (χ0n) is 61.0. The highest BCUT2D eigenvalue weighted by Gasteiger charge is 2.45. The van der Waals surface area contributed by atoms with Gasteiger partial charge in [-0.1, -0.05) is 103 Å². The number of carbonyl (C=O) groups is 7. The molecular weight excluding hydrogens is 1430 g/mol. The molecule has 1 aliphatic rings. The SMILES string of the molecule is [C-]#[N+]CCOP(O[C@@H]1C[C@@H](COC(c2ccccc2)(c2ccc(OC)cc2)c2ccc(OC)cc2)N(C(=O)CCCSSCCNC(=O)CCCCCCNC(=O)CC[C@H](NC(=O)c2ccc(N(Cc3cnc4nc(NC(=O)C(C)C)[nH]c(=O)c4n3)C(=O)C(F)(F)F)cc2)C(=O)OC)C1)N(C(C)C)C(C)C. The fourth-order valence-corrected chi connectivity index (χ4v) is 15.4. The molecule has 4 aromatic carbocycles. The van der Waals surface area contributed by atoms with Gasteiger partial charge in [0.15, 0.2) is 11.2 Å². The summed E-state index contributed by atoms with van der Waals surface area (Å²) in [6.07, 6.45) is -0.602. The molecule has 0 aliphatic carbocycles. The molecule has 1 aliphatic heterocycles. The molecule has 6 amide bonds. The zero-order chi connectivity index (χ0) is 76.9. The van der Waals surface area contributed by atoms with Gasteiger partial charge < -0.3 is 53.7 Å². The number of aromatic amines is 1. The number of carbonyl (C=O) groups excluding carboxylic acids is 7. The smallest absolute Gasteiger partial charge is 0.471 e. The maximum absolute atomic E-state index is 14.6. The minimum Gasteiger partial charge on any atom is -0.497 e. The highest BCUT2D eigenvalue weighted by atomic mass is 33.1. The van der Waals surface area contributed by atoms with Gasteiger partial charge in [-0.25, -0.2) is 26.0 Å². The Morgan fingerprint density at radius 2 is 1.38 bits per heavy atom. The number of esters is 1. The van der Waals surface area contributed by atoms with Gasteiger partial charge in [0.05, 0.1) is 58.5 Å². The van der Waals surface area contributed by atoms with Crippen LogP contribution in [0, 0.1) is 12.5 Å². The van der Waals surface area contributed by atoms with Crippen LogP contribution in [0.3, 0.4) is 0 Å². The van der Waals surface area contributed by atoms with Crippen LogP contribution in [0.4, 0.5) is 24.8 Å². The lowest BCUT2D eigenvalue weighted by Gasteiger charge is -2.38. The number of nitrogens with zero attached hydrogens (tertiary/aromatic N) is 7. The normalized spacial score (nSPS) is 14.4. The quantitative estimate of drug-likeness (QED) is 0.00594. The molecule has 6 aromatic rings. The van der Waals surface area contributed by atoms with Crippen LogP contribution in [0.15, 0.2) is 114 Å². The first-order valence-electron chi connectivity index (χ1n) is 35.0. The highest BCUT2D eigenvalue weighted by molar-refractivity contribution is 8.76. The number of benzene rings is 4. The average Bonchev–Trinajstić information content (AvgIpc) is 0.904. The van der Waals surface area contributed by atoms with E-state index >= 15 is 0 Å². The van der Waals surface area contributed by atoms with Crippen LogP contribution in [0.1, 0.15) is 138 Å². The molecule has 572 valence electrons. The van der Waals surface area contributed by atoms with Gasteiger partial charge in [0.1, 0.15) is 29.7 Å². The van der Waals surface area contributed by atoms with Crippen LogP contribution in [-0.4, -0.2) is 180 Å². The number of methoxy groups -OCH3 is 3. The van der Waals surface area contributed by atoms with Gasteiger partial charge >= 0.3 is 18.1 Å². The molecule has 0 spiro atoms. The van der Waals surface area contributed by atoms with Crippen molar-refractivity contribution >= 4 is 94.3 Å². The number of ether oxygens (including phenoxy) is 4. The zero-order valence-corrected chi connectivity index (χ0v) is 63.6. The third kappa shape index (κ3) is 24.7. The van der Waals surface area contributed by atoms with Gasteiger partial charge in [-0.15, -0.1) is 0 Å². The summed E-state index contributed by atoms with van der Waals surface area (Å²) >= 11 is 0. The molecule has 106 heavy (non-hydrogen) atoms. The number of hydrogen-bond donors (Lipinski definition) is 5. The molecule has 4 atom stereocenters. The predicted molar refractivity (Wildman–Crippen MR) is 401 cm³/mol. The van der Waals surface area contributed by atoms with Crippen molar-refractivity contribution in [2.45, 2.75) is 154 Å². The molecule has 2 aromatic heterocycles. The Kier molecular flexibility index (Phi) is 33.4. The monoisotopic (exact) mass is 1530 g/mol. The first kappa shape index (κ1) is 84.5. The number of anilines is 2. The maximum atomic E-state index is 14.6. The second-order valence-electron chi connectivity index (χ2n) is 25.7. The summed E-state index contributed by atoms with van der Waals surface area (Å²) in [7, 11) is 6.02. The fourth-order valence-electron chi connectivity index (χ4n) is 11.7. The lowest BCUT2D eigenvalue weighted by molar-refractivity contribution is -0.170. The van der Waals surface area contributed by atoms with E-state index < -0.39 is 74.0 Å². The molecule has 3 heterocycles. The maximum Gasteiger partial charge on any atom is 0.471 e. The molecule has 1 saturated heterocycles. The Bertz CT molecular complexity index is 3920. The van der Waals surface area contributed by atoms with Gasteiger partial charge in [0.2, 0.25) is 36.1 Å². The van der Waals surface area contributed by atoms with E-state index in [9.17, 15) is 51.5 Å². The molecule has 0 radical (unpaired) electrons. The molecule has 1 fully saturated rings. The first-order valence-corrected chi connectivity index (χ1v) is 38.6. The topological polar surface area (TPSA) is 309 Å². The van der Waals surface area contributed by atoms with E-state index in [2.05, 4.69) is 78.4 Å². The van der Waals surface area contributed by atoms with Crippen LogP contribution >= 0.6 is 30.1 Å². The summed E-state index contributed by atoms with van der Waals surface area (Å²) in [4.78, 5) is 124. The third-order valence-corrected chi connectivity index (χ3v) is 21.7. The van der Waals surface area contributed by atoms with Crippen molar-refractivity contribution in [2.75, 3.05) is 82.4 Å². The standard InChI is InChI=1S/C74H94F3N12O14PS2/c1-48(2)67(93)85-72-84-66-65(69(95)86-72)82-55(44-81-66)45-88(71(97)74(75,76)77)56-29-23-51(24-30-56)68(94)83-61(70(96)100-10)35-36-63(91)79-37-17-12-11-16-21-62(90)80-39-42-106-105-41-18-22-64(92)87-46-60(103-104(102-40-38-78-7)89(49(3)4)50(5)6)43-57(87)47-101-73(52-19-14-13-15-20-52,53-25-31-58(98-8)32-26-53)54-27-33-59(99-9)34-28-54/h13-15,19-20,23-34,44,48-50,57,60-61H,11-12,16-18,21-22,35-43,45-47H2,1-6,8-10H3,(H,79,91)(H,80,90)(H,83,94)(H2,81,84,85,86,93,95)/t57-,60+,61-,104?/m0/s1. The number of amides is 6. The summed E-state index contributed by atoms with van der Waals surface area (Å²) in [5, 5.41) is 10.7. The molecule has 0 saturated carbocycles. The molecule has 5 N–H and O–H groups in total. The number of likely N-dealkylation sites (tertiary alicyclic amines) is 1. The minimum absolute atomic E-state index is 0.0181. The van der Waals surface area contributed by atoms with E-state index in [1.54, 1.807) is 49.7 Å². The number of halogens is 3. The number of hydrogen-bond acceptors (Lipinski definition) is 20. The van der Waals surface area contributed by atoms with Gasteiger partial charge in [-0.3, -0.25) is 48.8 Å². The van der Waals surface area contributed by atoms with Crippen molar-refractivity contribution in [1.82, 2.24) is 45.5 Å². The van der Waals surface area contributed by atoms with Crippen molar-refractivity contribution in [3.8, 4) is 11.5 Å². The summed E-state index contributed by atoms with van der Waals surface area (Å²) in [6.45, 7) is 19.9. The molecule has 0 bridgehead atoms. The summed E-state index contributed by atoms with van der Waals surface area (Å²) in [5.74, 6) is -2.83. The van der Waals surface area contributed by atoms with Crippen LogP contribution in [-0.2, 0) is 59.4 Å². The Labute approximate surface area is 624 Å². The van der Waals surface area contributed by atoms with E-state index in [1.807, 2.05) is 83.8 Å². The number of unbranched alkanes of at least 4 members (excludes halogenated alkanes) is 3. The average molecular weight is 1530 g/mol. The molecule has 7 rings (SSSR count). The highest BCUT2D eigenvalue weighted by Crippen LogP contribution is 2.49. The summed E-state index contributed by atoms with van der Waals surface area (Å²) in [6, 6.07) is 28.6. The predicted octanol–water partition coefficient (Wildman–Crippen LogP) is 11.1. The Morgan fingerprint density at radius 3 is 1.99 bits per heavy atom. The van der Waals surface area contributed by atoms with E-state index in [4.69, 9.17) is 34.6 Å². The largest absolute Gasteiger partial charge is 0.497 e. The fraction of sp³-hybridized carbons (Fsp3) is 0.486. The third-order valence-electron chi connectivity index (χ3n) is 17.0. The Morgan fingerprint density at radius 1 is 0.755 bits per heavy atom. The van der Waals surface area contributed by atoms with Crippen LogP contribution < -0.4 is 41.2 Å². The number of aromatic nitrogens is 4. The lowest BCUT2D eigenvalue weighted by Crippen LogP contribution is -2.42. The minimum atomic E-state index is -5.36. The second kappa shape index (κ2) is 42.0. The van der Waals surface area contributed by atoms with Crippen LogP contribution in [0.5, 0.6) is 11.5 Å². The van der Waals surface area contributed by atoms with E-state index in [0.29, 0.717) is 86.1 Å². The number of alkyl halides is 3. The van der Waals surface area contributed by atoms with Gasteiger partial charge in [0.25, 0.3) is 20.0 Å². The molecule has 26 nitrogen and oxygen atoms in total. The molecular formula is C74H94F3N12O14PS2. The van der Waals surface area contributed by atoms with Crippen LogP contribution in [0.2, 0.25) is 0 Å². The van der Waals surface area contributed by atoms with E-state index in [-0.39, 0.29) is 103 Å². The lowest BCUT2D eigenvalue weighted by atomic mass is 9.80. The van der Waals surface area contributed by atoms with Crippen molar-refractivity contribution in [1.29, 1.82) is 0 Å².